The third kappa shape index (κ3) is 80.1. The maximum atomic E-state index is 13.2. The Kier molecular flexibility index (Phi) is 76.9. The fraction of sp³-hybridized carbons (Fsp3) is 0.954. The first-order chi connectivity index (χ1) is 51.4. The minimum atomic E-state index is -4.97. The van der Waals surface area contributed by atoms with Crippen molar-refractivity contribution in [2.75, 3.05) is 39.6 Å². The molecule has 0 bridgehead atoms. The molecule has 5 atom stereocenters. The van der Waals surface area contributed by atoms with E-state index in [1.54, 1.807) is 0 Å². The van der Waals surface area contributed by atoms with Crippen LogP contribution in [0.5, 0.6) is 0 Å². The van der Waals surface area contributed by atoms with Crippen LogP contribution in [0.25, 0.3) is 0 Å². The van der Waals surface area contributed by atoms with E-state index < -0.39 is 97.5 Å². The Balaban J connectivity index is 5.22. The zero-order valence-corrected chi connectivity index (χ0v) is 71.5. The summed E-state index contributed by atoms with van der Waals surface area (Å²) in [6.07, 6.45) is 71.0. The third-order valence-corrected chi connectivity index (χ3v) is 22.4. The normalized spacial score (nSPS) is 13.8. The Morgan fingerprint density at radius 3 is 0.642 bits per heavy atom. The number of rotatable bonds is 86. The highest BCUT2D eigenvalue weighted by Crippen LogP contribution is 2.45. The molecular weight excluding hydrogens is 1380 g/mol. The molecule has 0 saturated carbocycles. The van der Waals surface area contributed by atoms with Gasteiger partial charge in [0.15, 0.2) is 12.2 Å². The predicted octanol–water partition coefficient (Wildman–Crippen LogP) is 26.6. The highest BCUT2D eigenvalue weighted by atomic mass is 31.2. The largest absolute Gasteiger partial charge is 0.472 e. The SMILES string of the molecule is CCCCCCCCCCCCCCCCCCCCCC(=O)OC[C@H](COP(=O)(O)OC[C@@H](O)COP(=O)(O)OC[C@@H](COC(=O)CCCCCCCCCC(C)C)OC(=O)CCCCCCCCCCCCCCCCCC)OC(=O)CCCCCCCCCCCCCCCCCCCCC(C)C. The molecule has 0 aliphatic heterocycles. The lowest BCUT2D eigenvalue weighted by atomic mass is 10.0. The minimum Gasteiger partial charge on any atom is -0.462 e. The Morgan fingerprint density at radius 2 is 0.434 bits per heavy atom. The lowest BCUT2D eigenvalue weighted by Crippen LogP contribution is -2.30. The number of esters is 4. The van der Waals surface area contributed by atoms with Crippen LogP contribution in [0.1, 0.15) is 465 Å². The van der Waals surface area contributed by atoms with Crippen molar-refractivity contribution in [3.8, 4) is 0 Å². The van der Waals surface area contributed by atoms with Gasteiger partial charge in [-0.2, -0.15) is 0 Å². The Bertz CT molecular complexity index is 2030. The molecule has 3 N–H and O–H groups in total. The van der Waals surface area contributed by atoms with Gasteiger partial charge in [-0.15, -0.1) is 0 Å². The first-order valence-electron chi connectivity index (χ1n) is 45.0. The summed E-state index contributed by atoms with van der Waals surface area (Å²) in [5.41, 5.74) is 0. The molecule has 0 heterocycles. The van der Waals surface area contributed by atoms with Crippen LogP contribution in [0, 0.1) is 11.8 Å². The van der Waals surface area contributed by atoms with Crippen molar-refractivity contribution >= 4 is 39.5 Å². The summed E-state index contributed by atoms with van der Waals surface area (Å²) in [5, 5.41) is 10.7. The maximum absolute atomic E-state index is 13.2. The second kappa shape index (κ2) is 78.3. The molecule has 0 aromatic carbocycles. The molecule has 106 heavy (non-hydrogen) atoms. The van der Waals surface area contributed by atoms with E-state index in [-0.39, 0.29) is 25.7 Å². The van der Waals surface area contributed by atoms with Crippen molar-refractivity contribution in [1.82, 2.24) is 0 Å². The lowest BCUT2D eigenvalue weighted by Gasteiger charge is -2.21. The fourth-order valence-electron chi connectivity index (χ4n) is 13.6. The number of hydrogen-bond acceptors (Lipinski definition) is 15. The molecule has 0 rings (SSSR count). The molecule has 0 fully saturated rings. The average molecular weight is 1550 g/mol. The van der Waals surface area contributed by atoms with Crippen molar-refractivity contribution in [3.63, 3.8) is 0 Å². The van der Waals surface area contributed by atoms with E-state index >= 15 is 0 Å². The number of aliphatic hydroxyl groups excluding tert-OH is 1. The minimum absolute atomic E-state index is 0.108. The van der Waals surface area contributed by atoms with E-state index in [0.29, 0.717) is 31.6 Å². The van der Waals surface area contributed by atoms with Crippen molar-refractivity contribution in [2.24, 2.45) is 11.8 Å². The van der Waals surface area contributed by atoms with Gasteiger partial charge in [0.25, 0.3) is 0 Å². The van der Waals surface area contributed by atoms with Crippen molar-refractivity contribution in [2.45, 2.75) is 484 Å². The van der Waals surface area contributed by atoms with Crippen molar-refractivity contribution in [1.29, 1.82) is 0 Å². The average Bonchev–Trinajstić information content (AvgIpc) is 0.902. The number of carbonyl (C=O) groups excluding carboxylic acids is 4. The van der Waals surface area contributed by atoms with Crippen LogP contribution in [0.15, 0.2) is 0 Å². The summed E-state index contributed by atoms with van der Waals surface area (Å²) in [7, 11) is -9.93. The molecule has 0 saturated heterocycles. The number of carbonyl (C=O) groups is 4. The highest BCUT2D eigenvalue weighted by molar-refractivity contribution is 7.47. The van der Waals surface area contributed by atoms with Gasteiger partial charge in [-0.05, 0) is 37.5 Å². The summed E-state index contributed by atoms with van der Waals surface area (Å²) in [4.78, 5) is 73.2. The molecule has 0 radical (unpaired) electrons. The number of hydrogen-bond donors (Lipinski definition) is 3. The summed E-state index contributed by atoms with van der Waals surface area (Å²) in [6, 6.07) is 0. The topological polar surface area (TPSA) is 237 Å². The van der Waals surface area contributed by atoms with Gasteiger partial charge in [0, 0.05) is 25.7 Å². The summed E-state index contributed by atoms with van der Waals surface area (Å²) < 4.78 is 68.9. The van der Waals surface area contributed by atoms with Gasteiger partial charge in [0.05, 0.1) is 26.4 Å². The van der Waals surface area contributed by atoms with Gasteiger partial charge in [-0.25, -0.2) is 9.13 Å². The van der Waals surface area contributed by atoms with Gasteiger partial charge in [-0.1, -0.05) is 414 Å². The number of phosphoric acid groups is 2. The molecule has 17 nitrogen and oxygen atoms in total. The first kappa shape index (κ1) is 104. The smallest absolute Gasteiger partial charge is 0.462 e. The molecule has 0 aliphatic carbocycles. The van der Waals surface area contributed by atoms with Gasteiger partial charge < -0.3 is 33.8 Å². The Labute approximate surface area is 651 Å². The van der Waals surface area contributed by atoms with E-state index in [1.807, 2.05) is 0 Å². The molecule has 0 aliphatic rings. The van der Waals surface area contributed by atoms with Crippen molar-refractivity contribution in [3.05, 3.63) is 0 Å². The summed E-state index contributed by atoms with van der Waals surface area (Å²) in [6.45, 7) is 9.66. The Hall–Kier alpha value is -1.94. The van der Waals surface area contributed by atoms with Gasteiger partial charge in [-0.3, -0.25) is 37.3 Å². The van der Waals surface area contributed by atoms with Crippen LogP contribution in [0.2, 0.25) is 0 Å². The molecule has 19 heteroatoms. The van der Waals surface area contributed by atoms with Gasteiger partial charge >= 0.3 is 39.5 Å². The molecule has 0 aromatic rings. The zero-order chi connectivity index (χ0) is 77.8. The first-order valence-corrected chi connectivity index (χ1v) is 48.0. The number of unbranched alkanes of at least 4 members (excludes halogenated alkanes) is 56. The van der Waals surface area contributed by atoms with Gasteiger partial charge in [0.1, 0.15) is 19.3 Å². The zero-order valence-electron chi connectivity index (χ0n) is 69.7. The number of phosphoric ester groups is 2. The van der Waals surface area contributed by atoms with Crippen molar-refractivity contribution < 1.29 is 80.2 Å². The van der Waals surface area contributed by atoms with E-state index in [9.17, 15) is 43.2 Å². The van der Waals surface area contributed by atoms with Crippen LogP contribution in [-0.2, 0) is 65.4 Å². The Morgan fingerprint density at radius 1 is 0.255 bits per heavy atom. The van der Waals surface area contributed by atoms with Crippen LogP contribution in [0.3, 0.4) is 0 Å². The van der Waals surface area contributed by atoms with Gasteiger partial charge in [0.2, 0.25) is 0 Å². The monoisotopic (exact) mass is 1550 g/mol. The molecule has 0 amide bonds. The maximum Gasteiger partial charge on any atom is 0.472 e. The van der Waals surface area contributed by atoms with Crippen LogP contribution in [0.4, 0.5) is 0 Å². The quantitative estimate of drug-likeness (QED) is 0.0222. The number of aliphatic hydroxyl groups is 1. The summed E-state index contributed by atoms with van der Waals surface area (Å²) in [5.74, 6) is -0.576. The molecule has 0 aromatic heterocycles. The second-order valence-electron chi connectivity index (χ2n) is 32.2. The molecule has 0 spiro atoms. The van der Waals surface area contributed by atoms with Crippen LogP contribution in [-0.4, -0.2) is 96.7 Å². The summed E-state index contributed by atoms with van der Waals surface area (Å²) >= 11 is 0. The molecular formula is C87H170O17P2. The standard InChI is InChI=1S/C87H170O17P2/c1-7-9-11-13-15-17-19-21-23-25-26-30-34-37-41-45-51-57-63-69-84(89)97-75-82(103-86(91)71-66-60-53-47-43-39-35-31-28-27-29-32-36-40-44-49-55-61-67-79(3)4)77-101-105(93,94)99-73-81(88)74-100-106(95,96)102-78-83(76-98-85(90)70-64-58-54-48-50-56-62-68-80(5)6)104-87(92)72-65-59-52-46-42-38-33-24-22-20-18-16-14-12-10-8-2/h79-83,88H,7-78H2,1-6H3,(H,93,94)(H,95,96)/t81-,82-,83-/m1/s1. The van der Waals surface area contributed by atoms with E-state index in [2.05, 4.69) is 41.5 Å². The van der Waals surface area contributed by atoms with E-state index in [1.165, 1.54) is 276 Å². The second-order valence-corrected chi connectivity index (χ2v) is 35.1. The predicted molar refractivity (Wildman–Crippen MR) is 437 cm³/mol. The van der Waals surface area contributed by atoms with E-state index in [4.69, 9.17) is 37.0 Å². The highest BCUT2D eigenvalue weighted by Gasteiger charge is 2.30. The molecule has 630 valence electrons. The van der Waals surface area contributed by atoms with Crippen LogP contribution < -0.4 is 0 Å². The third-order valence-electron chi connectivity index (χ3n) is 20.5. The van der Waals surface area contributed by atoms with E-state index in [0.717, 1.165) is 102 Å². The lowest BCUT2D eigenvalue weighted by molar-refractivity contribution is -0.161. The fourth-order valence-corrected chi connectivity index (χ4v) is 15.2. The van der Waals surface area contributed by atoms with Crippen LogP contribution >= 0.6 is 15.6 Å². The number of ether oxygens (including phenoxy) is 4. The molecule has 2 unspecified atom stereocenters.